The van der Waals surface area contributed by atoms with Crippen molar-refractivity contribution in [2.45, 2.75) is 64.3 Å². The number of carboxylic acids is 1. The van der Waals surface area contributed by atoms with Crippen LogP contribution in [0.25, 0.3) is 10.6 Å². The molecule has 0 spiro atoms. The number of carboxylic acid groups (broad SMARTS) is 1. The van der Waals surface area contributed by atoms with E-state index in [2.05, 4.69) is 10.7 Å². The summed E-state index contributed by atoms with van der Waals surface area (Å²) < 4.78 is 0. The maximum absolute atomic E-state index is 8.89. The maximum atomic E-state index is 8.89. The van der Waals surface area contributed by atoms with Gasteiger partial charge in [0.15, 0.2) is 0 Å². The fourth-order valence-corrected chi connectivity index (χ4v) is 3.48. The third-order valence-electron chi connectivity index (χ3n) is 4.66. The first kappa shape index (κ1) is 22.8. The largest absolute Gasteiger partial charge is 0.655 e. The van der Waals surface area contributed by atoms with Crippen molar-refractivity contribution in [1.82, 2.24) is 5.43 Å². The second-order valence-corrected chi connectivity index (χ2v) is 6.71. The number of carbonyl (C=O) groups is 1. The van der Waals surface area contributed by atoms with E-state index in [4.69, 9.17) is 20.3 Å². The van der Waals surface area contributed by atoms with E-state index in [0.717, 1.165) is 25.8 Å². The average Bonchev–Trinajstić information content (AvgIpc) is 2.64. The molecule has 6 nitrogen and oxygen atoms in total. The zero-order valence-electron chi connectivity index (χ0n) is 15.8. The summed E-state index contributed by atoms with van der Waals surface area (Å²) in [7, 11) is 0. The smallest absolute Gasteiger partial charge is 0.0383 e. The molecule has 26 heavy (non-hydrogen) atoms. The number of piperidine rings is 1. The Morgan fingerprint density at radius 3 is 2.46 bits per heavy atom. The zero-order valence-corrected chi connectivity index (χ0v) is 18.8. The van der Waals surface area contributed by atoms with E-state index >= 15 is 0 Å². The van der Waals surface area contributed by atoms with E-state index in [1.807, 2.05) is 18.2 Å². The number of aliphatic carboxylic acids is 1. The van der Waals surface area contributed by atoms with Crippen LogP contribution in [0.3, 0.4) is 0 Å². The predicted molar refractivity (Wildman–Crippen MR) is 99.1 cm³/mol. The van der Waals surface area contributed by atoms with Crippen molar-refractivity contribution >= 4 is 11.7 Å². The van der Waals surface area contributed by atoms with Crippen LogP contribution < -0.4 is 10.5 Å². The molecule has 1 unspecified atom stereocenters. The summed E-state index contributed by atoms with van der Waals surface area (Å²) in [4.78, 5) is 8.89. The third-order valence-corrected chi connectivity index (χ3v) is 4.66. The van der Waals surface area contributed by atoms with Crippen LogP contribution in [0.5, 0.6) is 0 Å². The van der Waals surface area contributed by atoms with Gasteiger partial charge >= 0.3 is 0 Å². The van der Waals surface area contributed by atoms with Gasteiger partial charge in [0.2, 0.25) is 0 Å². The molecule has 3 rings (SSSR count). The van der Waals surface area contributed by atoms with Crippen molar-refractivity contribution in [3.05, 3.63) is 34.7 Å². The van der Waals surface area contributed by atoms with Gasteiger partial charge in [-0.05, 0) is 38.0 Å². The van der Waals surface area contributed by atoms with E-state index in [-0.39, 0.29) is 19.5 Å². The summed E-state index contributed by atoms with van der Waals surface area (Å²) in [5.41, 5.74) is 4.48. The van der Waals surface area contributed by atoms with Gasteiger partial charge in [-0.3, -0.25) is 5.10 Å². The fraction of sp³-hybridized carbons (Fsp3) is 0.684. The molecule has 1 saturated heterocycles. The normalized spacial score (nSPS) is 23.5. The minimum Gasteiger partial charge on any atom is -0.655 e. The molecule has 2 fully saturated rings. The van der Waals surface area contributed by atoms with Crippen LogP contribution in [0.2, 0.25) is 0 Å². The Hall–Kier alpha value is -1.20. The standard InChI is InChI=1S/C17H26N4.C2H4O2.Zn/c1-2-8-14(9-3-1)17(15-10-4-6-12-18-15)21-20-16-11-5-7-13-19-16;1-2(3)4;/h5,7,11,14-15,20H,1-4,6,8-10,12-13H2;1H3,(H,3,4);/q-2;;/p-1/b21-17+;;. The second-order valence-electron chi connectivity index (χ2n) is 6.71. The van der Waals surface area contributed by atoms with Gasteiger partial charge in [0.1, 0.15) is 0 Å². The first-order valence-electron chi connectivity index (χ1n) is 9.39. The quantitative estimate of drug-likeness (QED) is 0.438. The van der Waals surface area contributed by atoms with E-state index in [0.29, 0.717) is 12.0 Å². The molecule has 0 radical (unpaired) electrons. The van der Waals surface area contributed by atoms with Gasteiger partial charge in [-0.1, -0.05) is 62.8 Å². The van der Waals surface area contributed by atoms with Gasteiger partial charge in [-0.15, -0.1) is 6.54 Å². The number of nitrogens with zero attached hydrogens (tertiary/aromatic N) is 3. The SMILES string of the molecule is C1=CC[N-]C(N/N=C(\C2CCCCC2)C2CCCC[N-]2)=C1.CC(=O)[O-].[Zn]. The number of nitrogens with one attached hydrogen (secondary N) is 1. The van der Waals surface area contributed by atoms with Gasteiger partial charge in [0.25, 0.3) is 0 Å². The minimum absolute atomic E-state index is 0. The Morgan fingerprint density at radius 2 is 1.88 bits per heavy atom. The molecule has 1 N–H and O–H groups in total. The number of hydrazone groups is 1. The molecule has 3 aliphatic rings. The summed E-state index contributed by atoms with van der Waals surface area (Å²) in [5, 5.41) is 22.9. The second kappa shape index (κ2) is 13.0. The van der Waals surface area contributed by atoms with Crippen molar-refractivity contribution < 1.29 is 29.4 Å². The maximum Gasteiger partial charge on any atom is 0.0383 e. The van der Waals surface area contributed by atoms with E-state index in [1.165, 1.54) is 57.1 Å². The molecule has 7 heteroatoms. The molecule has 0 aromatic heterocycles. The summed E-state index contributed by atoms with van der Waals surface area (Å²) in [5.74, 6) is 0.416. The van der Waals surface area contributed by atoms with Gasteiger partial charge in [-0.25, -0.2) is 0 Å². The molecule has 0 aromatic carbocycles. The molecular weight excluding hydrogens is 382 g/mol. The Kier molecular flexibility index (Phi) is 11.5. The Labute approximate surface area is 169 Å². The van der Waals surface area contributed by atoms with Crippen molar-refractivity contribution in [3.63, 3.8) is 0 Å². The zero-order chi connectivity index (χ0) is 17.9. The fourth-order valence-electron chi connectivity index (χ4n) is 3.48. The average molecular weight is 411 g/mol. The minimum atomic E-state index is -1.08. The van der Waals surface area contributed by atoms with Crippen LogP contribution in [0, 0.1) is 5.92 Å². The summed E-state index contributed by atoms with van der Waals surface area (Å²) >= 11 is 0. The predicted octanol–water partition coefficient (Wildman–Crippen LogP) is 2.98. The van der Waals surface area contributed by atoms with E-state index in [1.54, 1.807) is 0 Å². The molecule has 2 heterocycles. The Morgan fingerprint density at radius 1 is 1.19 bits per heavy atom. The first-order chi connectivity index (χ1) is 12.2. The van der Waals surface area contributed by atoms with Crippen LogP contribution in [-0.2, 0) is 24.3 Å². The Bertz CT molecular complexity index is 484. The van der Waals surface area contributed by atoms with Crippen molar-refractivity contribution in [1.29, 1.82) is 0 Å². The number of rotatable bonds is 4. The van der Waals surface area contributed by atoms with Crippen LogP contribution >= 0.6 is 0 Å². The molecule has 142 valence electrons. The summed E-state index contributed by atoms with van der Waals surface area (Å²) in [6, 6.07) is 0.342. The van der Waals surface area contributed by atoms with Crippen LogP contribution in [0.4, 0.5) is 0 Å². The molecule has 0 aromatic rings. The number of carbonyl (C=O) groups excluding carboxylic acids is 1. The van der Waals surface area contributed by atoms with Crippen molar-refractivity contribution in [2.75, 3.05) is 13.1 Å². The molecule has 0 bridgehead atoms. The number of hydrogen-bond donors (Lipinski definition) is 1. The first-order valence-corrected chi connectivity index (χ1v) is 9.39. The van der Waals surface area contributed by atoms with Gasteiger partial charge < -0.3 is 26.0 Å². The summed E-state index contributed by atoms with van der Waals surface area (Å²) in [6.07, 6.45) is 16.4. The number of allylic oxidation sites excluding steroid dienone is 2. The molecule has 1 saturated carbocycles. The van der Waals surface area contributed by atoms with Gasteiger partial charge in [0.05, 0.1) is 0 Å². The topological polar surface area (TPSA) is 92.7 Å². The van der Waals surface area contributed by atoms with Crippen molar-refractivity contribution in [3.8, 4) is 0 Å². The molecule has 1 atom stereocenters. The Balaban J connectivity index is 0.000000616. The molecule has 2 aliphatic heterocycles. The van der Waals surface area contributed by atoms with Crippen LogP contribution in [0.15, 0.2) is 29.2 Å². The van der Waals surface area contributed by atoms with Gasteiger partial charge in [-0.2, -0.15) is 0 Å². The van der Waals surface area contributed by atoms with Crippen LogP contribution in [-0.4, -0.2) is 30.8 Å². The molecular formula is C19H29N4O2Zn-3. The molecule has 1 aliphatic carbocycles. The van der Waals surface area contributed by atoms with E-state index < -0.39 is 5.97 Å². The van der Waals surface area contributed by atoms with E-state index in [9.17, 15) is 0 Å². The third kappa shape index (κ3) is 8.46. The number of hydrogen-bond acceptors (Lipinski definition) is 4. The monoisotopic (exact) mass is 409 g/mol. The van der Waals surface area contributed by atoms with Gasteiger partial charge in [0, 0.05) is 31.2 Å². The van der Waals surface area contributed by atoms with Crippen molar-refractivity contribution in [2.24, 2.45) is 11.0 Å². The summed E-state index contributed by atoms with van der Waals surface area (Å²) in [6.45, 7) is 2.73. The van der Waals surface area contributed by atoms with Crippen LogP contribution in [0.1, 0.15) is 58.3 Å². The molecule has 0 amide bonds.